The number of aromatic nitrogens is 2. The quantitative estimate of drug-likeness (QED) is 0.768. The van der Waals surface area contributed by atoms with Crippen LogP contribution in [0.1, 0.15) is 18.7 Å². The van der Waals surface area contributed by atoms with Crippen molar-refractivity contribution in [3.63, 3.8) is 0 Å². The normalized spacial score (nSPS) is 23.7. The van der Waals surface area contributed by atoms with E-state index in [4.69, 9.17) is 9.47 Å². The van der Waals surface area contributed by atoms with Gasteiger partial charge in [0.2, 0.25) is 0 Å². The molecule has 2 saturated heterocycles. The highest BCUT2D eigenvalue weighted by Crippen LogP contribution is 2.26. The van der Waals surface area contributed by atoms with E-state index in [0.717, 1.165) is 26.1 Å². The van der Waals surface area contributed by atoms with Gasteiger partial charge in [-0.05, 0) is 19.9 Å². The van der Waals surface area contributed by atoms with Gasteiger partial charge in [0, 0.05) is 49.6 Å². The first-order valence-corrected chi connectivity index (χ1v) is 10.9. The SMILES string of the molecule is CN1C[C@@H](COc2cc(F)c3c(=O)[nH]c(CSC4CCOCC4)nc3c2)[C@@H](F)C1. The average molecular weight is 426 g/mol. The van der Waals surface area contributed by atoms with E-state index in [1.165, 1.54) is 6.07 Å². The lowest BCUT2D eigenvalue weighted by molar-refractivity contribution is 0.1000. The van der Waals surface area contributed by atoms with Crippen LogP contribution in [0.25, 0.3) is 10.9 Å². The van der Waals surface area contributed by atoms with Crippen LogP contribution in [-0.4, -0.2) is 66.2 Å². The number of hydrogen-bond acceptors (Lipinski definition) is 6. The molecule has 2 aliphatic heterocycles. The molecule has 2 aliphatic rings. The number of likely N-dealkylation sites (tertiary alicyclic amines) is 1. The maximum absolute atomic E-state index is 14.5. The van der Waals surface area contributed by atoms with Crippen molar-refractivity contribution < 1.29 is 18.3 Å². The molecule has 2 fully saturated rings. The van der Waals surface area contributed by atoms with E-state index in [1.807, 2.05) is 11.9 Å². The Bertz CT molecular complexity index is 920. The highest BCUT2D eigenvalue weighted by molar-refractivity contribution is 7.99. The lowest BCUT2D eigenvalue weighted by Crippen LogP contribution is -2.21. The summed E-state index contributed by atoms with van der Waals surface area (Å²) in [5, 5.41) is 0.385. The Morgan fingerprint density at radius 3 is 2.86 bits per heavy atom. The van der Waals surface area contributed by atoms with Crippen molar-refractivity contribution in [3.05, 3.63) is 34.1 Å². The molecular weight excluding hydrogens is 400 g/mol. The number of fused-ring (bicyclic) bond motifs is 1. The number of halogens is 2. The molecule has 158 valence electrons. The number of nitrogens with zero attached hydrogens (tertiary/aromatic N) is 2. The Morgan fingerprint density at radius 2 is 2.14 bits per heavy atom. The summed E-state index contributed by atoms with van der Waals surface area (Å²) in [6.07, 6.45) is 0.988. The number of ether oxygens (including phenoxy) is 2. The van der Waals surface area contributed by atoms with Crippen molar-refractivity contribution in [3.8, 4) is 5.75 Å². The molecule has 29 heavy (non-hydrogen) atoms. The molecule has 2 aromatic rings. The van der Waals surface area contributed by atoms with Crippen LogP contribution in [0.3, 0.4) is 0 Å². The summed E-state index contributed by atoms with van der Waals surface area (Å²) in [4.78, 5) is 21.4. The summed E-state index contributed by atoms with van der Waals surface area (Å²) in [5.74, 6) is 0.378. The lowest BCUT2D eigenvalue weighted by atomic mass is 10.1. The minimum Gasteiger partial charge on any atom is -0.493 e. The van der Waals surface area contributed by atoms with Gasteiger partial charge in [-0.3, -0.25) is 4.79 Å². The highest BCUT2D eigenvalue weighted by atomic mass is 32.2. The van der Waals surface area contributed by atoms with Crippen LogP contribution in [0.2, 0.25) is 0 Å². The summed E-state index contributed by atoms with van der Waals surface area (Å²) in [6.45, 7) is 2.64. The van der Waals surface area contributed by atoms with Crippen LogP contribution in [0.4, 0.5) is 8.78 Å². The fourth-order valence-corrected chi connectivity index (χ4v) is 4.89. The molecule has 1 aromatic heterocycles. The van der Waals surface area contributed by atoms with E-state index in [9.17, 15) is 13.6 Å². The molecule has 3 heterocycles. The van der Waals surface area contributed by atoms with Crippen LogP contribution in [0.15, 0.2) is 16.9 Å². The van der Waals surface area contributed by atoms with Gasteiger partial charge in [-0.25, -0.2) is 13.8 Å². The van der Waals surface area contributed by atoms with Crippen molar-refractivity contribution >= 4 is 22.7 Å². The zero-order valence-electron chi connectivity index (χ0n) is 16.3. The summed E-state index contributed by atoms with van der Waals surface area (Å²) in [7, 11) is 1.86. The van der Waals surface area contributed by atoms with Gasteiger partial charge in [0.15, 0.2) is 0 Å². The van der Waals surface area contributed by atoms with Crippen LogP contribution in [-0.2, 0) is 10.5 Å². The van der Waals surface area contributed by atoms with Gasteiger partial charge < -0.3 is 19.4 Å². The molecule has 4 rings (SSSR count). The monoisotopic (exact) mass is 425 g/mol. The van der Waals surface area contributed by atoms with Gasteiger partial charge >= 0.3 is 0 Å². The molecular formula is C20H25F2N3O3S. The number of nitrogens with one attached hydrogen (secondary N) is 1. The molecule has 1 aromatic carbocycles. The van der Waals surface area contributed by atoms with Crippen molar-refractivity contribution in [2.45, 2.75) is 30.0 Å². The van der Waals surface area contributed by atoms with Gasteiger partial charge in [-0.2, -0.15) is 11.8 Å². The van der Waals surface area contributed by atoms with Gasteiger partial charge in [-0.1, -0.05) is 0 Å². The van der Waals surface area contributed by atoms with E-state index in [1.54, 1.807) is 17.8 Å². The maximum atomic E-state index is 14.5. The second kappa shape index (κ2) is 8.97. The molecule has 1 N–H and O–H groups in total. The molecule has 6 nitrogen and oxygen atoms in total. The fraction of sp³-hybridized carbons (Fsp3) is 0.600. The molecule has 0 saturated carbocycles. The topological polar surface area (TPSA) is 67.5 Å². The summed E-state index contributed by atoms with van der Waals surface area (Å²) in [5.41, 5.74) is -0.241. The third kappa shape index (κ3) is 4.90. The second-order valence-electron chi connectivity index (χ2n) is 7.74. The fourth-order valence-electron chi connectivity index (χ4n) is 3.84. The van der Waals surface area contributed by atoms with Crippen LogP contribution in [0, 0.1) is 11.7 Å². The standard InChI is InChI=1S/C20H25F2N3O3S/c1-25-8-12(16(22)9-25)10-28-13-6-15(21)19-17(7-13)23-18(24-20(19)26)11-29-14-2-4-27-5-3-14/h6-7,12,14,16H,2-5,8-11H2,1H3,(H,23,24,26)/t12-,16-/m0/s1. The van der Waals surface area contributed by atoms with Crippen molar-refractivity contribution in [1.82, 2.24) is 14.9 Å². The first-order chi connectivity index (χ1) is 14.0. The number of benzene rings is 1. The largest absolute Gasteiger partial charge is 0.493 e. The zero-order chi connectivity index (χ0) is 20.4. The van der Waals surface area contributed by atoms with E-state index < -0.39 is 17.5 Å². The van der Waals surface area contributed by atoms with E-state index in [-0.39, 0.29) is 29.2 Å². The first kappa shape index (κ1) is 20.6. The van der Waals surface area contributed by atoms with Gasteiger partial charge in [0.05, 0.1) is 17.9 Å². The minimum atomic E-state index is -0.958. The van der Waals surface area contributed by atoms with Crippen molar-refractivity contribution in [2.24, 2.45) is 5.92 Å². The Labute approximate surface area is 172 Å². The molecule has 9 heteroatoms. The number of alkyl halides is 1. The number of H-pyrrole nitrogens is 1. The lowest BCUT2D eigenvalue weighted by Gasteiger charge is -2.21. The molecule has 0 bridgehead atoms. The summed E-state index contributed by atoms with van der Waals surface area (Å²) < 4.78 is 39.5. The third-order valence-corrected chi connectivity index (χ3v) is 6.80. The smallest absolute Gasteiger partial charge is 0.261 e. The Balaban J connectivity index is 1.49. The number of hydrogen-bond donors (Lipinski definition) is 1. The van der Waals surface area contributed by atoms with E-state index in [2.05, 4.69) is 9.97 Å². The number of aromatic amines is 1. The highest BCUT2D eigenvalue weighted by Gasteiger charge is 2.31. The molecule has 0 radical (unpaired) electrons. The average Bonchev–Trinajstić information content (AvgIpc) is 3.02. The first-order valence-electron chi connectivity index (χ1n) is 9.87. The predicted molar refractivity (Wildman–Crippen MR) is 109 cm³/mol. The molecule has 0 unspecified atom stereocenters. The van der Waals surface area contributed by atoms with Gasteiger partial charge in [-0.15, -0.1) is 0 Å². The Kier molecular flexibility index (Phi) is 6.36. The van der Waals surface area contributed by atoms with Crippen molar-refractivity contribution in [2.75, 3.05) is 40.0 Å². The molecule has 0 aliphatic carbocycles. The van der Waals surface area contributed by atoms with Gasteiger partial charge in [0.25, 0.3) is 5.56 Å². The van der Waals surface area contributed by atoms with Crippen LogP contribution < -0.4 is 10.3 Å². The Morgan fingerprint density at radius 1 is 1.34 bits per heavy atom. The Hall–Kier alpha value is -1.71. The predicted octanol–water partition coefficient (Wildman–Crippen LogP) is 2.75. The molecule has 2 atom stereocenters. The van der Waals surface area contributed by atoms with Crippen LogP contribution >= 0.6 is 11.8 Å². The molecule has 0 spiro atoms. The van der Waals surface area contributed by atoms with E-state index in [0.29, 0.717) is 29.9 Å². The van der Waals surface area contributed by atoms with Gasteiger partial charge in [0.1, 0.15) is 28.9 Å². The number of thioether (sulfide) groups is 1. The van der Waals surface area contributed by atoms with Crippen LogP contribution in [0.5, 0.6) is 5.75 Å². The summed E-state index contributed by atoms with van der Waals surface area (Å²) in [6, 6.07) is 2.73. The summed E-state index contributed by atoms with van der Waals surface area (Å²) >= 11 is 1.72. The maximum Gasteiger partial charge on any atom is 0.261 e. The minimum absolute atomic E-state index is 0.0823. The second-order valence-corrected chi connectivity index (χ2v) is 9.03. The number of rotatable bonds is 6. The van der Waals surface area contributed by atoms with E-state index >= 15 is 0 Å². The third-order valence-electron chi connectivity index (χ3n) is 5.42. The zero-order valence-corrected chi connectivity index (χ0v) is 17.1. The van der Waals surface area contributed by atoms with Crippen molar-refractivity contribution in [1.29, 1.82) is 0 Å². The molecule has 0 amide bonds.